The Morgan fingerprint density at radius 1 is 1.06 bits per heavy atom. The Bertz CT molecular complexity index is 804. The van der Waals surface area contributed by atoms with Gasteiger partial charge in [0.1, 0.15) is 0 Å². The van der Waals surface area contributed by atoms with Gasteiger partial charge in [-0.05, 0) is 73.3 Å². The molecule has 1 fully saturated rings. The van der Waals surface area contributed by atoms with Gasteiger partial charge >= 0.3 is 12.1 Å². The molecule has 32 heavy (non-hydrogen) atoms. The summed E-state index contributed by atoms with van der Waals surface area (Å²) in [6, 6.07) is 15.6. The molecule has 2 unspecified atom stereocenters. The van der Waals surface area contributed by atoms with Crippen molar-refractivity contribution in [2.75, 3.05) is 11.9 Å². The Kier molecular flexibility index (Phi) is 10.1. The zero-order valence-corrected chi connectivity index (χ0v) is 18.9. The molecule has 2 atom stereocenters. The summed E-state index contributed by atoms with van der Waals surface area (Å²) < 4.78 is 37.5. The minimum absolute atomic E-state index is 0.133. The van der Waals surface area contributed by atoms with Gasteiger partial charge < -0.3 is 10.4 Å². The molecule has 3 rings (SSSR count). The summed E-state index contributed by atoms with van der Waals surface area (Å²) >= 11 is 0. The van der Waals surface area contributed by atoms with Crippen molar-refractivity contribution in [1.29, 1.82) is 0 Å². The van der Waals surface area contributed by atoms with E-state index in [1.165, 1.54) is 24.2 Å². The normalized spacial score (nSPS) is 18.6. The van der Waals surface area contributed by atoms with Crippen LogP contribution in [0.3, 0.4) is 0 Å². The Hall–Kier alpha value is -2.50. The lowest BCUT2D eigenvalue weighted by Gasteiger charge is -2.28. The van der Waals surface area contributed by atoms with Crippen LogP contribution in [-0.4, -0.2) is 17.6 Å². The van der Waals surface area contributed by atoms with E-state index in [4.69, 9.17) is 5.11 Å². The molecular weight excluding hydrogens is 415 g/mol. The molecule has 0 bridgehead atoms. The van der Waals surface area contributed by atoms with Crippen molar-refractivity contribution in [3.8, 4) is 0 Å². The van der Waals surface area contributed by atoms with E-state index in [1.54, 1.807) is 0 Å². The molecule has 1 saturated carbocycles. The average Bonchev–Trinajstić information content (AvgIpc) is 2.74. The molecule has 0 saturated heterocycles. The summed E-state index contributed by atoms with van der Waals surface area (Å²) in [5, 5.41) is 12.2. The Morgan fingerprint density at radius 2 is 1.72 bits per heavy atom. The summed E-state index contributed by atoms with van der Waals surface area (Å²) in [4.78, 5) is 10.7. The number of alkyl halides is 3. The van der Waals surface area contributed by atoms with Gasteiger partial charge in [-0.25, -0.2) is 0 Å². The first-order valence-corrected chi connectivity index (χ1v) is 11.3. The first-order valence-electron chi connectivity index (χ1n) is 11.3. The fourth-order valence-electron chi connectivity index (χ4n) is 4.03. The second kappa shape index (κ2) is 12.5. The third-order valence-corrected chi connectivity index (χ3v) is 5.78. The molecule has 0 spiro atoms. The number of carboxylic acid groups (broad SMARTS) is 1. The van der Waals surface area contributed by atoms with Crippen LogP contribution in [0.25, 0.3) is 0 Å². The molecule has 1 aliphatic rings. The molecule has 2 N–H and O–H groups in total. The number of rotatable bonds is 7. The highest BCUT2D eigenvalue weighted by Crippen LogP contribution is 2.38. The van der Waals surface area contributed by atoms with Crippen molar-refractivity contribution in [3.05, 3.63) is 65.7 Å². The highest BCUT2D eigenvalue weighted by Gasteiger charge is 2.31. The number of aliphatic carboxylic acids is 1. The third kappa shape index (κ3) is 9.33. The van der Waals surface area contributed by atoms with Crippen molar-refractivity contribution in [1.82, 2.24) is 0 Å². The molecule has 0 aromatic heterocycles. The lowest BCUT2D eigenvalue weighted by atomic mass is 9.77. The van der Waals surface area contributed by atoms with Crippen LogP contribution in [0.5, 0.6) is 0 Å². The Balaban J connectivity index is 0.000000258. The van der Waals surface area contributed by atoms with Crippen LogP contribution in [0.15, 0.2) is 54.6 Å². The first kappa shape index (κ1) is 25.8. The summed E-state index contributed by atoms with van der Waals surface area (Å²) in [6.45, 7) is 5.56. The molecule has 0 amide bonds. The minimum Gasteiger partial charge on any atom is -0.481 e. The predicted molar refractivity (Wildman–Crippen MR) is 123 cm³/mol. The van der Waals surface area contributed by atoms with Crippen LogP contribution in [0, 0.1) is 11.8 Å². The predicted octanol–water partition coefficient (Wildman–Crippen LogP) is 7.60. The molecular formula is C26H34F3NO2. The average molecular weight is 450 g/mol. The van der Waals surface area contributed by atoms with E-state index in [9.17, 15) is 18.0 Å². The first-order chi connectivity index (χ1) is 15.1. The van der Waals surface area contributed by atoms with E-state index in [0.717, 1.165) is 55.8 Å². The van der Waals surface area contributed by atoms with E-state index >= 15 is 0 Å². The molecule has 176 valence electrons. The highest BCUT2D eigenvalue weighted by molar-refractivity contribution is 5.67. The van der Waals surface area contributed by atoms with Crippen molar-refractivity contribution < 1.29 is 23.1 Å². The van der Waals surface area contributed by atoms with Crippen LogP contribution < -0.4 is 5.32 Å². The van der Waals surface area contributed by atoms with E-state index < -0.39 is 17.7 Å². The maximum Gasteiger partial charge on any atom is 0.416 e. The fourth-order valence-corrected chi connectivity index (χ4v) is 4.03. The second-order valence-corrected chi connectivity index (χ2v) is 8.92. The molecule has 2 aromatic rings. The SMILES string of the molecule is CC(C)CCNc1ccccc1.O=C(O)CC1CCCC(c2ccc(C(F)(F)F)cc2)C1. The zero-order valence-electron chi connectivity index (χ0n) is 18.9. The van der Waals surface area contributed by atoms with Crippen molar-refractivity contribution in [3.63, 3.8) is 0 Å². The number of anilines is 1. The monoisotopic (exact) mass is 449 g/mol. The topological polar surface area (TPSA) is 49.3 Å². The maximum atomic E-state index is 12.5. The number of benzene rings is 2. The lowest BCUT2D eigenvalue weighted by Crippen LogP contribution is -2.17. The van der Waals surface area contributed by atoms with E-state index in [1.807, 2.05) is 6.07 Å². The molecule has 3 nitrogen and oxygen atoms in total. The van der Waals surface area contributed by atoms with Gasteiger partial charge in [0, 0.05) is 18.7 Å². The molecule has 1 aliphatic carbocycles. The summed E-state index contributed by atoms with van der Waals surface area (Å²) in [6.07, 6.45) is 0.565. The van der Waals surface area contributed by atoms with Gasteiger partial charge in [-0.15, -0.1) is 0 Å². The molecule has 2 aromatic carbocycles. The van der Waals surface area contributed by atoms with Crippen molar-refractivity contribution in [2.24, 2.45) is 11.8 Å². The van der Waals surface area contributed by atoms with Crippen LogP contribution in [0.1, 0.15) is 69.4 Å². The van der Waals surface area contributed by atoms with Gasteiger partial charge in [-0.3, -0.25) is 4.79 Å². The molecule has 0 heterocycles. The quantitative estimate of drug-likeness (QED) is 0.458. The van der Waals surface area contributed by atoms with Crippen molar-refractivity contribution in [2.45, 2.75) is 64.5 Å². The summed E-state index contributed by atoms with van der Waals surface area (Å²) in [5.41, 5.74) is 1.46. The summed E-state index contributed by atoms with van der Waals surface area (Å²) in [7, 11) is 0. The highest BCUT2D eigenvalue weighted by atomic mass is 19.4. The van der Waals surface area contributed by atoms with Crippen LogP contribution in [0.4, 0.5) is 18.9 Å². The van der Waals surface area contributed by atoms with Crippen molar-refractivity contribution >= 4 is 11.7 Å². The molecule has 6 heteroatoms. The maximum absolute atomic E-state index is 12.5. The Labute approximate surface area is 189 Å². The number of carboxylic acids is 1. The van der Waals surface area contributed by atoms with Gasteiger partial charge in [0.2, 0.25) is 0 Å². The number of carbonyl (C=O) groups is 1. The standard InChI is InChI=1S/C15H17F3O2.C11H17N/c16-15(17,18)13-6-4-11(5-7-13)12-3-1-2-10(8-12)9-14(19)20;1-10(2)8-9-12-11-6-4-3-5-7-11/h4-7,10,12H,1-3,8-9H2,(H,19,20);3-7,10,12H,8-9H2,1-2H3. The van der Waals surface area contributed by atoms with Crippen LogP contribution >= 0.6 is 0 Å². The van der Waals surface area contributed by atoms with Crippen LogP contribution in [0.2, 0.25) is 0 Å². The number of hydrogen-bond acceptors (Lipinski definition) is 2. The lowest BCUT2D eigenvalue weighted by molar-refractivity contribution is -0.139. The Morgan fingerprint density at radius 3 is 2.28 bits per heavy atom. The second-order valence-electron chi connectivity index (χ2n) is 8.92. The van der Waals surface area contributed by atoms with Gasteiger partial charge in [-0.2, -0.15) is 13.2 Å². The minimum atomic E-state index is -4.31. The van der Waals surface area contributed by atoms with Gasteiger partial charge in [0.25, 0.3) is 0 Å². The molecule has 0 radical (unpaired) electrons. The van der Waals surface area contributed by atoms with E-state index in [2.05, 4.69) is 43.4 Å². The van der Waals surface area contributed by atoms with Crippen LogP contribution in [-0.2, 0) is 11.0 Å². The number of nitrogens with one attached hydrogen (secondary N) is 1. The summed E-state index contributed by atoms with van der Waals surface area (Å²) in [5.74, 6) is 0.285. The smallest absolute Gasteiger partial charge is 0.416 e. The zero-order chi connectivity index (χ0) is 23.6. The van der Waals surface area contributed by atoms with Gasteiger partial charge in [0.05, 0.1) is 5.56 Å². The van der Waals surface area contributed by atoms with E-state index in [-0.39, 0.29) is 18.3 Å². The van der Waals surface area contributed by atoms with Gasteiger partial charge in [-0.1, -0.05) is 50.6 Å². The van der Waals surface area contributed by atoms with Gasteiger partial charge in [0.15, 0.2) is 0 Å². The fraction of sp³-hybridized carbons (Fsp3) is 0.500. The third-order valence-electron chi connectivity index (χ3n) is 5.78. The molecule has 0 aliphatic heterocycles. The number of halogens is 3. The van der Waals surface area contributed by atoms with E-state index in [0.29, 0.717) is 0 Å². The number of hydrogen-bond donors (Lipinski definition) is 2. The number of para-hydroxylation sites is 1. The largest absolute Gasteiger partial charge is 0.481 e.